The molecule has 0 radical (unpaired) electrons. The van der Waals surface area contributed by atoms with Gasteiger partial charge in [0, 0.05) is 16.7 Å². The van der Waals surface area contributed by atoms with Crippen LogP contribution in [0.5, 0.6) is 23.0 Å². The predicted octanol–water partition coefficient (Wildman–Crippen LogP) is 21.1. The summed E-state index contributed by atoms with van der Waals surface area (Å²) in [5.74, 6) is -4.31. The number of carbonyl (C=O) groups excluding carboxylic acids is 1. The van der Waals surface area contributed by atoms with E-state index in [1.54, 1.807) is 28.4 Å². The molecule has 14 aromatic carbocycles. The zero-order valence-electron chi connectivity index (χ0n) is 55.2. The predicted molar refractivity (Wildman–Crippen MR) is 424 cm³/mol. The van der Waals surface area contributed by atoms with Crippen molar-refractivity contribution in [1.82, 2.24) is 0 Å². The minimum Gasteiger partial charge on any atom is -0.298 e. The van der Waals surface area contributed by atoms with E-state index in [2.05, 4.69) is 267 Å². The normalized spacial score (nSPS) is 12.3. The molecule has 14 rings (SSSR count). The molecular weight excluding hydrogens is 1280 g/mol. The summed E-state index contributed by atoms with van der Waals surface area (Å²) < 4.78 is 24.1. The number of fused-ring (bicyclic) bond motifs is 3. The molecule has 0 bridgehead atoms. The summed E-state index contributed by atoms with van der Waals surface area (Å²) in [6.07, 6.45) is 10.2. The Bertz CT molecular complexity index is 4630. The molecule has 0 unspecified atom stereocenters. The molecule has 0 aliphatic heterocycles. The van der Waals surface area contributed by atoms with Gasteiger partial charge in [-0.25, -0.2) is 0 Å². The Hall–Kier alpha value is -10.4. The van der Waals surface area contributed by atoms with E-state index in [1.165, 1.54) is 26.9 Å². The third-order valence-corrected chi connectivity index (χ3v) is 32.7. The average Bonchev–Trinajstić information content (AvgIpc) is 0.710. The Kier molecular flexibility index (Phi) is 21.0. The smallest absolute Gasteiger partial charge is 0.150 e. The molecule has 0 aliphatic carbocycles. The van der Waals surface area contributed by atoms with E-state index in [1.807, 2.05) is 91.0 Å². The van der Waals surface area contributed by atoms with E-state index in [9.17, 15) is 4.79 Å². The second-order valence-electron chi connectivity index (χ2n) is 24.1. The zero-order chi connectivity index (χ0) is 67.8. The van der Waals surface area contributed by atoms with Crippen LogP contribution in [0, 0.1) is 0 Å². The van der Waals surface area contributed by atoms with E-state index in [4.69, 9.17) is 41.4 Å². The first-order valence-electron chi connectivity index (χ1n) is 32.5. The van der Waals surface area contributed by atoms with Gasteiger partial charge in [-0.2, -0.15) is 0 Å². The number of carbonyl (C=O) groups is 1. The second kappa shape index (κ2) is 30.4. The van der Waals surface area contributed by atoms with Crippen molar-refractivity contribution in [2.45, 2.75) is 12.3 Å². The van der Waals surface area contributed by atoms with E-state index in [0.717, 1.165) is 105 Å². The molecule has 5 nitrogen and oxygen atoms in total. The summed E-state index contributed by atoms with van der Waals surface area (Å²) >= 11 is 17.1. The Balaban J connectivity index is 0.000000168. The molecule has 0 aliphatic rings. The average molecular weight is 1360 g/mol. The Morgan fingerprint density at radius 3 is 0.776 bits per heavy atom. The monoisotopic (exact) mass is 1360 g/mol. The molecule has 486 valence electrons. The minimum atomic E-state index is -3.70. The van der Waals surface area contributed by atoms with E-state index in [-0.39, 0.29) is 0 Å². The van der Waals surface area contributed by atoms with Crippen LogP contribution in [0.15, 0.2) is 334 Å². The number of methoxy groups -OCH3 is 4. The topological polar surface area (TPSA) is 54.0 Å². The maximum absolute atomic E-state index is 10.5. The Labute approximate surface area is 585 Å². The first kappa shape index (κ1) is 67.6. The third-order valence-electron chi connectivity index (χ3n) is 18.3. The molecule has 0 fully saturated rings. The number of benzene rings is 14. The van der Waals surface area contributed by atoms with Gasteiger partial charge in [0.25, 0.3) is 0 Å². The van der Waals surface area contributed by atoms with E-state index < -0.39 is 11.9 Å². The molecule has 14 aromatic rings. The van der Waals surface area contributed by atoms with Crippen LogP contribution in [0.3, 0.4) is 0 Å². The minimum absolute atomic E-state index is 0.505. The summed E-state index contributed by atoms with van der Waals surface area (Å²) in [5, 5.41) is 13.7. The van der Waals surface area contributed by atoms with Gasteiger partial charge in [-0.3, -0.25) is 4.79 Å². The maximum atomic E-state index is 10.5. The summed E-state index contributed by atoms with van der Waals surface area (Å²) in [4.78, 5) is 10.5. The molecule has 0 saturated carbocycles. The standard InChI is InChI=1S/C46H42Cl2O2P2.C32H26O2.C11H8O/c1-49-45-33-38(36-52(48,42-27-15-6-16-28-42,43-29-17-7-18-30-43)44-31-19-8-20-32-44)46(50-2)34-37(45)35-51(47,39-21-9-3-10-22-39,40-23-11-4-12-24-40)41-25-13-5-14-26-41;1-33-31-21-30(18-14-24-12-16-26-8-4-6-10-28(26)20-24)32(34-2)22-29(31)17-13-23-11-15-25-7-3-5-9-27(25)19-23;12-8-9-5-6-10-3-1-2-4-11(10)7-9/h3-34H,35-36H2,1-2H3;3-22H,1-2H3;1-8H/b;17-13+,18-14+;. The summed E-state index contributed by atoms with van der Waals surface area (Å²) in [5.41, 5.74) is 6.86. The van der Waals surface area contributed by atoms with Crippen LogP contribution in [0.1, 0.15) is 43.7 Å². The third kappa shape index (κ3) is 14.0. The molecule has 0 spiro atoms. The van der Waals surface area contributed by atoms with Crippen molar-refractivity contribution in [3.8, 4) is 23.0 Å². The summed E-state index contributed by atoms with van der Waals surface area (Å²) in [7, 11) is 6.87. The van der Waals surface area contributed by atoms with Crippen molar-refractivity contribution in [1.29, 1.82) is 0 Å². The van der Waals surface area contributed by atoms with Crippen LogP contribution in [-0.4, -0.2) is 34.7 Å². The second-order valence-corrected chi connectivity index (χ2v) is 37.1. The summed E-state index contributed by atoms with van der Waals surface area (Å²) in [6, 6.07) is 115. The van der Waals surface area contributed by atoms with Crippen LogP contribution in [0.2, 0.25) is 0 Å². The van der Waals surface area contributed by atoms with Gasteiger partial charge in [-0.1, -0.05) is 133 Å². The number of halogens is 2. The molecule has 9 heteroatoms. The van der Waals surface area contributed by atoms with Crippen LogP contribution in [0.4, 0.5) is 0 Å². The molecule has 0 atom stereocenters. The van der Waals surface area contributed by atoms with Crippen molar-refractivity contribution < 1.29 is 23.7 Å². The fourth-order valence-corrected chi connectivity index (χ4v) is 25.5. The van der Waals surface area contributed by atoms with Crippen molar-refractivity contribution >= 4 is 129 Å². The van der Waals surface area contributed by atoms with Crippen LogP contribution in [0.25, 0.3) is 56.6 Å². The number of ether oxygens (including phenoxy) is 4. The Morgan fingerprint density at radius 2 is 0.510 bits per heavy atom. The number of aldehydes is 1. The van der Waals surface area contributed by atoms with Crippen molar-refractivity contribution in [2.24, 2.45) is 0 Å². The van der Waals surface area contributed by atoms with Gasteiger partial charge in [0.05, 0.1) is 14.2 Å². The molecule has 0 N–H and O–H groups in total. The zero-order valence-corrected chi connectivity index (χ0v) is 58.5. The number of hydrogen-bond acceptors (Lipinski definition) is 5. The van der Waals surface area contributed by atoms with Crippen LogP contribution >= 0.6 is 34.4 Å². The summed E-state index contributed by atoms with van der Waals surface area (Å²) in [6.45, 7) is 0. The molecule has 0 aromatic heterocycles. The van der Waals surface area contributed by atoms with Gasteiger partial charge in [0.2, 0.25) is 0 Å². The maximum Gasteiger partial charge on any atom is 0.150 e. The fourth-order valence-electron chi connectivity index (χ4n) is 13.3. The van der Waals surface area contributed by atoms with Crippen molar-refractivity contribution in [2.75, 3.05) is 28.4 Å². The quantitative estimate of drug-likeness (QED) is 0.0459. The van der Waals surface area contributed by atoms with E-state index >= 15 is 0 Å². The largest absolute Gasteiger partial charge is 0.298 e. The molecule has 98 heavy (non-hydrogen) atoms. The first-order chi connectivity index (χ1) is 47.9. The van der Waals surface area contributed by atoms with Gasteiger partial charge in [0.15, 0.2) is 0 Å². The Morgan fingerprint density at radius 1 is 0.265 bits per heavy atom. The SMILES string of the molecule is COc1cc(/C=C/c2ccc3ccccc3c2)c(OC)cc1/C=C/c1ccc2ccccc2c1.COc1cc(CP(Cl)(c2ccccc2)(c2ccccc2)c2ccccc2)c(OC)cc1CP(Cl)(c1ccccc1)(c1ccccc1)c1ccccc1.O=Cc1ccc2ccccc2c1. The van der Waals surface area contributed by atoms with Gasteiger partial charge in [0.1, 0.15) is 17.8 Å². The van der Waals surface area contributed by atoms with Crippen LogP contribution in [-0.2, 0) is 12.3 Å². The van der Waals surface area contributed by atoms with Gasteiger partial charge >= 0.3 is 319 Å². The van der Waals surface area contributed by atoms with Gasteiger partial charge < -0.3 is 9.47 Å². The number of hydrogen-bond donors (Lipinski definition) is 0. The van der Waals surface area contributed by atoms with E-state index in [0.29, 0.717) is 12.3 Å². The number of rotatable bonds is 19. The van der Waals surface area contributed by atoms with Gasteiger partial charge in [-0.15, -0.1) is 0 Å². The molecule has 0 saturated heterocycles. The van der Waals surface area contributed by atoms with Crippen molar-refractivity contribution in [3.05, 3.63) is 373 Å². The van der Waals surface area contributed by atoms with Crippen LogP contribution < -0.4 is 50.8 Å². The molecule has 0 heterocycles. The molecular formula is C89H76Cl2O5P2. The fraction of sp³-hybridized carbons (Fsp3) is 0.0674. The molecule has 0 amide bonds. The first-order valence-corrected chi connectivity index (χ1v) is 39.2. The van der Waals surface area contributed by atoms with Gasteiger partial charge in [-0.05, 0) is 73.8 Å². The van der Waals surface area contributed by atoms with Crippen molar-refractivity contribution in [3.63, 3.8) is 0 Å².